The van der Waals surface area contributed by atoms with E-state index in [9.17, 15) is 0 Å². The first-order valence-electron chi connectivity index (χ1n) is 6.29. The van der Waals surface area contributed by atoms with E-state index < -0.39 is 0 Å². The van der Waals surface area contributed by atoms with Crippen molar-refractivity contribution in [3.05, 3.63) is 18.1 Å². The number of hydrogen-bond donors (Lipinski definition) is 2. The Labute approximate surface area is 112 Å². The van der Waals surface area contributed by atoms with Gasteiger partial charge in [-0.15, -0.1) is 0 Å². The Kier molecular flexibility index (Phi) is 4.51. The molecule has 7 heteroatoms. The molecule has 1 aromatic heterocycles. The number of aromatic nitrogens is 2. The summed E-state index contributed by atoms with van der Waals surface area (Å²) in [5.41, 5.74) is 5.77. The molecule has 0 aliphatic heterocycles. The van der Waals surface area contributed by atoms with E-state index in [4.69, 9.17) is 15.7 Å². The van der Waals surface area contributed by atoms with Gasteiger partial charge in [0, 0.05) is 20.2 Å². The Morgan fingerprint density at radius 1 is 1.53 bits per heavy atom. The minimum absolute atomic E-state index is 0.0468. The van der Waals surface area contributed by atoms with Crippen molar-refractivity contribution >= 4 is 11.7 Å². The van der Waals surface area contributed by atoms with Crippen LogP contribution < -0.4 is 10.6 Å². The van der Waals surface area contributed by atoms with Crippen molar-refractivity contribution in [2.45, 2.75) is 12.8 Å². The summed E-state index contributed by atoms with van der Waals surface area (Å²) >= 11 is 0. The van der Waals surface area contributed by atoms with Crippen molar-refractivity contribution in [2.75, 3.05) is 31.7 Å². The third-order valence-corrected chi connectivity index (χ3v) is 3.02. The first kappa shape index (κ1) is 13.5. The van der Waals surface area contributed by atoms with E-state index in [0.717, 1.165) is 24.9 Å². The molecule has 1 aromatic rings. The van der Waals surface area contributed by atoms with Crippen LogP contribution in [0.1, 0.15) is 18.5 Å². The Bertz CT molecular complexity index is 430. The van der Waals surface area contributed by atoms with E-state index >= 15 is 0 Å². The lowest BCUT2D eigenvalue weighted by molar-refractivity contribution is 0.131. The lowest BCUT2D eigenvalue weighted by atomic mass is 10.4. The van der Waals surface area contributed by atoms with Gasteiger partial charge in [-0.2, -0.15) is 0 Å². The molecule has 1 fully saturated rings. The number of nitrogens with zero attached hydrogens (tertiary/aromatic N) is 4. The maximum atomic E-state index is 8.53. The highest BCUT2D eigenvalue weighted by atomic mass is 16.5. The van der Waals surface area contributed by atoms with Crippen LogP contribution in [0.4, 0.5) is 5.82 Å². The van der Waals surface area contributed by atoms with Gasteiger partial charge in [-0.05, 0) is 18.8 Å². The highest BCUT2D eigenvalue weighted by Gasteiger charge is 2.21. The number of likely N-dealkylation sites (N-methyl/N-ethyl adjacent to an activating group) is 1. The summed E-state index contributed by atoms with van der Waals surface area (Å²) in [7, 11) is 1.92. The summed E-state index contributed by atoms with van der Waals surface area (Å²) in [4.78, 5) is 10.2. The fourth-order valence-electron chi connectivity index (χ4n) is 1.55. The Morgan fingerprint density at radius 2 is 2.32 bits per heavy atom. The van der Waals surface area contributed by atoms with Crippen LogP contribution >= 0.6 is 0 Å². The predicted molar refractivity (Wildman–Crippen MR) is 71.4 cm³/mol. The Balaban J connectivity index is 1.79. The average Bonchev–Trinajstić information content (AvgIpc) is 3.27. The van der Waals surface area contributed by atoms with Gasteiger partial charge in [-0.3, -0.25) is 0 Å². The predicted octanol–water partition coefficient (Wildman–Crippen LogP) is 0.434. The van der Waals surface area contributed by atoms with Gasteiger partial charge < -0.3 is 20.6 Å². The number of ether oxygens (including phenoxy) is 1. The van der Waals surface area contributed by atoms with Gasteiger partial charge in [0.05, 0.1) is 19.0 Å². The third-order valence-electron chi connectivity index (χ3n) is 3.02. The zero-order valence-corrected chi connectivity index (χ0v) is 11.0. The summed E-state index contributed by atoms with van der Waals surface area (Å²) < 4.78 is 5.57. The molecule has 2 rings (SSSR count). The summed E-state index contributed by atoms with van der Waals surface area (Å²) in [6.07, 6.45) is 5.67. The maximum Gasteiger partial charge on any atom is 0.190 e. The second kappa shape index (κ2) is 6.33. The molecule has 0 atom stereocenters. The van der Waals surface area contributed by atoms with Gasteiger partial charge in [0.25, 0.3) is 0 Å². The average molecular weight is 265 g/mol. The number of hydrogen-bond acceptors (Lipinski definition) is 6. The van der Waals surface area contributed by atoms with Gasteiger partial charge in [0.1, 0.15) is 11.5 Å². The zero-order chi connectivity index (χ0) is 13.7. The second-order valence-electron chi connectivity index (χ2n) is 4.68. The highest BCUT2D eigenvalue weighted by Crippen LogP contribution is 2.28. The molecule has 1 heterocycles. The summed E-state index contributed by atoms with van der Waals surface area (Å²) in [6.45, 7) is 2.29. The molecule has 1 saturated carbocycles. The molecule has 0 bridgehead atoms. The Morgan fingerprint density at radius 3 is 2.89 bits per heavy atom. The lowest BCUT2D eigenvalue weighted by Gasteiger charge is -2.17. The van der Waals surface area contributed by atoms with Crippen LogP contribution in [-0.4, -0.2) is 47.8 Å². The van der Waals surface area contributed by atoms with Gasteiger partial charge in [-0.25, -0.2) is 9.97 Å². The van der Waals surface area contributed by atoms with E-state index in [2.05, 4.69) is 15.1 Å². The van der Waals surface area contributed by atoms with Crippen LogP contribution in [-0.2, 0) is 4.74 Å². The van der Waals surface area contributed by atoms with Gasteiger partial charge >= 0.3 is 0 Å². The van der Waals surface area contributed by atoms with E-state index in [0.29, 0.717) is 12.3 Å². The van der Waals surface area contributed by atoms with Crippen molar-refractivity contribution < 1.29 is 9.94 Å². The quantitative estimate of drug-likeness (QED) is 0.244. The topological polar surface area (TPSA) is 96.9 Å². The molecule has 0 unspecified atom stereocenters. The van der Waals surface area contributed by atoms with Gasteiger partial charge in [-0.1, -0.05) is 5.16 Å². The number of anilines is 1. The normalized spacial score (nSPS) is 15.5. The van der Waals surface area contributed by atoms with Crippen molar-refractivity contribution in [1.29, 1.82) is 0 Å². The molecule has 0 spiro atoms. The fraction of sp³-hybridized carbons (Fsp3) is 0.583. The van der Waals surface area contributed by atoms with Crippen LogP contribution in [0.25, 0.3) is 0 Å². The van der Waals surface area contributed by atoms with Gasteiger partial charge in [0.15, 0.2) is 5.84 Å². The summed E-state index contributed by atoms with van der Waals surface area (Å²) in [6, 6.07) is 0. The van der Waals surface area contributed by atoms with Crippen LogP contribution in [0.3, 0.4) is 0 Å². The largest absolute Gasteiger partial charge is 0.409 e. The van der Waals surface area contributed by atoms with Crippen LogP contribution in [0.5, 0.6) is 0 Å². The van der Waals surface area contributed by atoms with E-state index in [1.165, 1.54) is 19.0 Å². The third kappa shape index (κ3) is 4.06. The molecular formula is C12H19N5O2. The van der Waals surface area contributed by atoms with Gasteiger partial charge in [0.2, 0.25) is 0 Å². The monoisotopic (exact) mass is 265 g/mol. The van der Waals surface area contributed by atoms with Crippen molar-refractivity contribution in [1.82, 2.24) is 9.97 Å². The number of amidine groups is 1. The lowest BCUT2D eigenvalue weighted by Crippen LogP contribution is -2.24. The molecule has 19 heavy (non-hydrogen) atoms. The van der Waals surface area contributed by atoms with E-state index in [-0.39, 0.29) is 5.84 Å². The molecule has 1 aliphatic rings. The van der Waals surface area contributed by atoms with Crippen LogP contribution in [0, 0.1) is 5.92 Å². The van der Waals surface area contributed by atoms with Crippen molar-refractivity contribution in [2.24, 2.45) is 16.8 Å². The Hall–Kier alpha value is -1.89. The molecule has 1 aliphatic carbocycles. The second-order valence-corrected chi connectivity index (χ2v) is 4.68. The SMILES string of the molecule is CN(CCOCC1CC1)c1cnc(C(N)=NO)cn1. The number of rotatable bonds is 7. The number of nitrogens with two attached hydrogens (primary N) is 1. The fourth-order valence-corrected chi connectivity index (χ4v) is 1.55. The minimum Gasteiger partial charge on any atom is -0.409 e. The highest BCUT2D eigenvalue weighted by molar-refractivity contribution is 5.94. The van der Waals surface area contributed by atoms with Crippen LogP contribution in [0.2, 0.25) is 0 Å². The molecule has 0 aromatic carbocycles. The molecular weight excluding hydrogens is 246 g/mol. The molecule has 0 radical (unpaired) electrons. The molecule has 7 nitrogen and oxygen atoms in total. The zero-order valence-electron chi connectivity index (χ0n) is 11.0. The first-order valence-corrected chi connectivity index (χ1v) is 6.29. The van der Waals surface area contributed by atoms with Crippen molar-refractivity contribution in [3.8, 4) is 0 Å². The molecule has 0 amide bonds. The van der Waals surface area contributed by atoms with E-state index in [1.807, 2.05) is 11.9 Å². The first-order chi connectivity index (χ1) is 9.20. The smallest absolute Gasteiger partial charge is 0.190 e. The van der Waals surface area contributed by atoms with Crippen molar-refractivity contribution in [3.63, 3.8) is 0 Å². The standard InChI is InChI=1S/C12H19N5O2/c1-17(4-5-19-8-9-2-3-9)11-7-14-10(6-15-11)12(13)16-18/h6-7,9,18H,2-5,8H2,1H3,(H2,13,16). The maximum absolute atomic E-state index is 8.53. The molecule has 104 valence electrons. The number of oxime groups is 1. The minimum atomic E-state index is -0.0468. The summed E-state index contributed by atoms with van der Waals surface area (Å²) in [5.74, 6) is 1.46. The molecule has 0 saturated heterocycles. The summed E-state index contributed by atoms with van der Waals surface area (Å²) in [5, 5.41) is 11.4. The molecule has 3 N–H and O–H groups in total. The van der Waals surface area contributed by atoms with Crippen LogP contribution in [0.15, 0.2) is 17.5 Å². The van der Waals surface area contributed by atoms with E-state index in [1.54, 1.807) is 6.20 Å².